The van der Waals surface area contributed by atoms with Crippen LogP contribution in [0.1, 0.15) is 11.3 Å². The molecule has 1 saturated heterocycles. The van der Waals surface area contributed by atoms with Crippen LogP contribution >= 0.6 is 0 Å². The Kier molecular flexibility index (Phi) is 4.52. The minimum atomic E-state index is -1.17. The molecule has 1 aliphatic rings. The van der Waals surface area contributed by atoms with Gasteiger partial charge in [0.2, 0.25) is 0 Å². The number of nitriles is 1. The predicted octanol–water partition coefficient (Wildman–Crippen LogP) is -0.845. The van der Waals surface area contributed by atoms with E-state index in [0.29, 0.717) is 17.1 Å². The Bertz CT molecular complexity index is 517. The summed E-state index contributed by atoms with van der Waals surface area (Å²) in [6.45, 7) is 1.53. The third kappa shape index (κ3) is 3.05. The van der Waals surface area contributed by atoms with Crippen LogP contribution in [0.3, 0.4) is 0 Å². The van der Waals surface area contributed by atoms with Crippen LogP contribution in [0.25, 0.3) is 0 Å². The molecule has 20 heavy (non-hydrogen) atoms. The van der Waals surface area contributed by atoms with Crippen molar-refractivity contribution < 1.29 is 20.1 Å². The largest absolute Gasteiger partial charge is 0.394 e. The average Bonchev–Trinajstić information content (AvgIpc) is 2.43. The van der Waals surface area contributed by atoms with Crippen molar-refractivity contribution in [3.8, 4) is 6.07 Å². The van der Waals surface area contributed by atoms with Crippen LogP contribution in [0, 0.1) is 18.3 Å². The summed E-state index contributed by atoms with van der Waals surface area (Å²) in [6, 6.07) is 4.67. The Morgan fingerprint density at radius 3 is 2.85 bits per heavy atom. The van der Waals surface area contributed by atoms with E-state index in [0.717, 1.165) is 0 Å². The van der Waals surface area contributed by atoms with E-state index in [4.69, 9.17) is 15.1 Å². The summed E-state index contributed by atoms with van der Waals surface area (Å²) in [4.78, 5) is 4.21. The topological polar surface area (TPSA) is 119 Å². The molecule has 0 aliphatic carbocycles. The third-order valence-electron chi connectivity index (χ3n) is 3.23. The van der Waals surface area contributed by atoms with Gasteiger partial charge in [0.25, 0.3) is 0 Å². The predicted molar refractivity (Wildman–Crippen MR) is 69.9 cm³/mol. The first-order valence-corrected chi connectivity index (χ1v) is 6.29. The summed E-state index contributed by atoms with van der Waals surface area (Å²) >= 11 is 0. The molecule has 0 saturated carbocycles. The molecular weight excluding hydrogens is 262 g/mol. The minimum Gasteiger partial charge on any atom is -0.394 e. The molecule has 0 amide bonds. The number of aromatic nitrogens is 1. The van der Waals surface area contributed by atoms with E-state index < -0.39 is 24.4 Å². The zero-order valence-electron chi connectivity index (χ0n) is 11.0. The van der Waals surface area contributed by atoms with Crippen molar-refractivity contribution in [1.82, 2.24) is 4.98 Å². The van der Waals surface area contributed by atoms with E-state index in [1.807, 2.05) is 6.07 Å². The lowest BCUT2D eigenvalue weighted by molar-refractivity contribution is -0.152. The summed E-state index contributed by atoms with van der Waals surface area (Å²) in [7, 11) is 0. The standard InChI is InChI=1S/C13H17N3O4/c1-7-2-8(4-14)3-11(15-7)16-9-6-20-10(5-17)13(19)12(9)18/h2-3,9-10,12-13,17-19H,5-6H2,1H3,(H,15,16)/t9-,10+,12+,13-/m0/s1. The zero-order valence-corrected chi connectivity index (χ0v) is 11.0. The summed E-state index contributed by atoms with van der Waals surface area (Å²) < 4.78 is 5.27. The first-order chi connectivity index (χ1) is 9.55. The number of pyridine rings is 1. The van der Waals surface area contributed by atoms with Gasteiger partial charge in [-0.15, -0.1) is 0 Å². The molecule has 1 aromatic heterocycles. The molecule has 0 aromatic carbocycles. The molecule has 0 radical (unpaired) electrons. The lowest BCUT2D eigenvalue weighted by Gasteiger charge is -2.37. The van der Waals surface area contributed by atoms with Gasteiger partial charge in [0.15, 0.2) is 0 Å². The normalized spacial score (nSPS) is 29.8. The van der Waals surface area contributed by atoms with E-state index in [9.17, 15) is 10.2 Å². The molecule has 1 aliphatic heterocycles. The Hall–Kier alpha value is -1.72. The molecule has 1 fully saturated rings. The van der Waals surface area contributed by atoms with Gasteiger partial charge in [-0.25, -0.2) is 4.98 Å². The SMILES string of the molecule is Cc1cc(C#N)cc(N[C@H]2CO[C@H](CO)[C@H](O)[C@@H]2O)n1. The maximum Gasteiger partial charge on any atom is 0.127 e. The van der Waals surface area contributed by atoms with Gasteiger partial charge in [0, 0.05) is 5.69 Å². The maximum absolute atomic E-state index is 10.00. The lowest BCUT2D eigenvalue weighted by Crippen LogP contribution is -2.56. The third-order valence-corrected chi connectivity index (χ3v) is 3.23. The van der Waals surface area contributed by atoms with Crippen molar-refractivity contribution in [2.24, 2.45) is 0 Å². The van der Waals surface area contributed by atoms with Crippen molar-refractivity contribution in [3.63, 3.8) is 0 Å². The van der Waals surface area contributed by atoms with Crippen LogP contribution in [0.2, 0.25) is 0 Å². The molecule has 108 valence electrons. The van der Waals surface area contributed by atoms with E-state index in [2.05, 4.69) is 10.3 Å². The van der Waals surface area contributed by atoms with Gasteiger partial charge in [-0.1, -0.05) is 0 Å². The zero-order chi connectivity index (χ0) is 14.7. The first kappa shape index (κ1) is 14.7. The second kappa shape index (κ2) is 6.15. The second-order valence-electron chi connectivity index (χ2n) is 4.78. The number of aliphatic hydroxyl groups excluding tert-OH is 3. The van der Waals surface area contributed by atoms with Gasteiger partial charge in [-0.05, 0) is 19.1 Å². The molecule has 2 heterocycles. The van der Waals surface area contributed by atoms with Gasteiger partial charge in [-0.3, -0.25) is 0 Å². The Labute approximate surface area is 116 Å². The quantitative estimate of drug-likeness (QED) is 0.569. The van der Waals surface area contributed by atoms with Crippen LogP contribution in [0.4, 0.5) is 5.82 Å². The number of aryl methyl sites for hydroxylation is 1. The highest BCUT2D eigenvalue weighted by atomic mass is 16.5. The number of anilines is 1. The van der Waals surface area contributed by atoms with Crippen molar-refractivity contribution in [2.45, 2.75) is 31.3 Å². The molecule has 7 nitrogen and oxygen atoms in total. The van der Waals surface area contributed by atoms with Gasteiger partial charge in [0.05, 0.1) is 30.9 Å². The van der Waals surface area contributed by atoms with Crippen LogP contribution in [0.15, 0.2) is 12.1 Å². The highest BCUT2D eigenvalue weighted by Gasteiger charge is 2.38. The summed E-state index contributed by atoms with van der Waals surface area (Å²) in [6.07, 6.45) is -3.05. The Morgan fingerprint density at radius 1 is 1.45 bits per heavy atom. The fraction of sp³-hybridized carbons (Fsp3) is 0.538. The van der Waals surface area contributed by atoms with E-state index >= 15 is 0 Å². The fourth-order valence-corrected chi connectivity index (χ4v) is 2.17. The Morgan fingerprint density at radius 2 is 2.20 bits per heavy atom. The van der Waals surface area contributed by atoms with Crippen LogP contribution in [-0.4, -0.2) is 57.9 Å². The first-order valence-electron chi connectivity index (χ1n) is 6.29. The maximum atomic E-state index is 10.00. The highest BCUT2D eigenvalue weighted by molar-refractivity contribution is 5.45. The van der Waals surface area contributed by atoms with E-state index in [1.165, 1.54) is 0 Å². The number of nitrogens with one attached hydrogen (secondary N) is 1. The van der Waals surface area contributed by atoms with Crippen LogP contribution in [-0.2, 0) is 4.74 Å². The molecule has 4 atom stereocenters. The number of hydrogen-bond donors (Lipinski definition) is 4. The molecule has 1 aromatic rings. The summed E-state index contributed by atoms with van der Waals surface area (Å²) in [5, 5.41) is 40.6. The minimum absolute atomic E-state index is 0.126. The summed E-state index contributed by atoms with van der Waals surface area (Å²) in [5.74, 6) is 0.434. The van der Waals surface area contributed by atoms with Crippen molar-refractivity contribution in [3.05, 3.63) is 23.4 Å². The molecule has 0 bridgehead atoms. The van der Waals surface area contributed by atoms with E-state index in [-0.39, 0.29) is 13.2 Å². The molecule has 4 N–H and O–H groups in total. The van der Waals surface area contributed by atoms with Crippen LogP contribution < -0.4 is 5.32 Å². The van der Waals surface area contributed by atoms with Gasteiger partial charge in [-0.2, -0.15) is 5.26 Å². The molecule has 7 heteroatoms. The summed E-state index contributed by atoms with van der Waals surface area (Å²) in [5.41, 5.74) is 1.13. The highest BCUT2D eigenvalue weighted by Crippen LogP contribution is 2.19. The van der Waals surface area contributed by atoms with Crippen molar-refractivity contribution >= 4 is 5.82 Å². The number of ether oxygens (including phenoxy) is 1. The van der Waals surface area contributed by atoms with Gasteiger partial charge < -0.3 is 25.4 Å². The second-order valence-corrected chi connectivity index (χ2v) is 4.78. The van der Waals surface area contributed by atoms with Gasteiger partial charge in [0.1, 0.15) is 24.1 Å². The van der Waals surface area contributed by atoms with E-state index in [1.54, 1.807) is 19.1 Å². The lowest BCUT2D eigenvalue weighted by atomic mass is 9.98. The monoisotopic (exact) mass is 279 g/mol. The van der Waals surface area contributed by atoms with Crippen LogP contribution in [0.5, 0.6) is 0 Å². The number of hydrogen-bond acceptors (Lipinski definition) is 7. The molecule has 2 rings (SSSR count). The molecule has 0 spiro atoms. The Balaban J connectivity index is 2.11. The van der Waals surface area contributed by atoms with Gasteiger partial charge >= 0.3 is 0 Å². The smallest absolute Gasteiger partial charge is 0.127 e. The average molecular weight is 279 g/mol. The van der Waals surface area contributed by atoms with Crippen molar-refractivity contribution in [1.29, 1.82) is 5.26 Å². The number of nitrogens with zero attached hydrogens (tertiary/aromatic N) is 2. The molecular formula is C13H17N3O4. The number of aliphatic hydroxyl groups is 3. The number of rotatable bonds is 3. The fourth-order valence-electron chi connectivity index (χ4n) is 2.17. The molecule has 0 unspecified atom stereocenters. The van der Waals surface area contributed by atoms with Crippen molar-refractivity contribution in [2.75, 3.05) is 18.5 Å².